The molecule has 1 saturated heterocycles. The second-order valence-corrected chi connectivity index (χ2v) is 6.76. The molecule has 0 aliphatic carbocycles. The lowest BCUT2D eigenvalue weighted by Gasteiger charge is -2.34. The van der Waals surface area contributed by atoms with Gasteiger partial charge in [-0.25, -0.2) is 0 Å². The van der Waals surface area contributed by atoms with Crippen LogP contribution in [-0.2, 0) is 11.3 Å². The molecule has 0 radical (unpaired) electrons. The van der Waals surface area contributed by atoms with E-state index in [-0.39, 0.29) is 5.92 Å². The van der Waals surface area contributed by atoms with Crippen LogP contribution in [0.25, 0.3) is 0 Å². The maximum atomic E-state index is 12.8. The summed E-state index contributed by atoms with van der Waals surface area (Å²) >= 11 is 0. The number of carbonyl (C=O) groups is 1. The van der Waals surface area contributed by atoms with Crippen molar-refractivity contribution in [2.75, 3.05) is 19.6 Å². The summed E-state index contributed by atoms with van der Waals surface area (Å²) in [5.74, 6) is 1.58. The minimum absolute atomic E-state index is 0.201. The molecule has 1 aromatic rings. The summed E-state index contributed by atoms with van der Waals surface area (Å²) in [6.07, 6.45) is 11.5. The molecular formula is C19H28N2O2. The molecule has 1 atom stereocenters. The Balaban J connectivity index is 1.48. The van der Waals surface area contributed by atoms with Crippen LogP contribution in [0.5, 0.6) is 0 Å². The fourth-order valence-electron chi connectivity index (χ4n) is 3.68. The lowest BCUT2D eigenvalue weighted by Crippen LogP contribution is -2.44. The van der Waals surface area contributed by atoms with Gasteiger partial charge in [0.15, 0.2) is 0 Å². The van der Waals surface area contributed by atoms with Crippen molar-refractivity contribution >= 4 is 5.91 Å². The van der Waals surface area contributed by atoms with Crippen LogP contribution in [0.2, 0.25) is 0 Å². The maximum absolute atomic E-state index is 12.8. The van der Waals surface area contributed by atoms with Crippen molar-refractivity contribution < 1.29 is 9.21 Å². The summed E-state index contributed by atoms with van der Waals surface area (Å²) in [7, 11) is 0. The van der Waals surface area contributed by atoms with Crippen molar-refractivity contribution in [2.45, 2.75) is 51.6 Å². The van der Waals surface area contributed by atoms with Crippen LogP contribution < -0.4 is 0 Å². The predicted octanol–water partition coefficient (Wildman–Crippen LogP) is 3.45. The van der Waals surface area contributed by atoms with Gasteiger partial charge < -0.3 is 9.32 Å². The standard InChI is InChI=1S/C19H28N2O2/c1-2-3-6-17-7-4-11-21(17)19(22)16-9-12-20(13-10-16)15-18-8-5-14-23-18/h4-5,7-8,14,16-17H,2-3,6,9-13,15H2,1H3/t17-/m0/s1. The number of nitrogens with zero attached hydrogens (tertiary/aromatic N) is 2. The molecule has 0 aromatic carbocycles. The molecule has 2 aliphatic heterocycles. The van der Waals surface area contributed by atoms with E-state index >= 15 is 0 Å². The number of hydrogen-bond acceptors (Lipinski definition) is 3. The number of piperidine rings is 1. The Morgan fingerprint density at radius 3 is 2.87 bits per heavy atom. The molecule has 3 rings (SSSR count). The molecule has 4 heteroatoms. The smallest absolute Gasteiger partial charge is 0.226 e. The second kappa shape index (κ2) is 7.82. The fraction of sp³-hybridized carbons (Fsp3) is 0.632. The Morgan fingerprint density at radius 2 is 2.17 bits per heavy atom. The minimum Gasteiger partial charge on any atom is -0.468 e. The van der Waals surface area contributed by atoms with Crippen LogP contribution >= 0.6 is 0 Å². The van der Waals surface area contributed by atoms with E-state index in [1.54, 1.807) is 6.26 Å². The number of amides is 1. The summed E-state index contributed by atoms with van der Waals surface area (Å²) < 4.78 is 5.42. The van der Waals surface area contributed by atoms with Crippen LogP contribution in [-0.4, -0.2) is 41.4 Å². The van der Waals surface area contributed by atoms with Crippen molar-refractivity contribution in [3.8, 4) is 0 Å². The molecule has 0 N–H and O–H groups in total. The Morgan fingerprint density at radius 1 is 1.35 bits per heavy atom. The Hall–Kier alpha value is -1.55. The molecule has 1 aromatic heterocycles. The highest BCUT2D eigenvalue weighted by atomic mass is 16.3. The first kappa shape index (κ1) is 16.3. The molecule has 1 fully saturated rings. The molecule has 0 saturated carbocycles. The normalized spacial score (nSPS) is 22.8. The monoisotopic (exact) mass is 316 g/mol. The van der Waals surface area contributed by atoms with Gasteiger partial charge >= 0.3 is 0 Å². The third kappa shape index (κ3) is 4.05. The molecule has 3 heterocycles. The molecule has 4 nitrogen and oxygen atoms in total. The number of furan rings is 1. The zero-order valence-corrected chi connectivity index (χ0v) is 14.1. The lowest BCUT2D eigenvalue weighted by atomic mass is 9.94. The van der Waals surface area contributed by atoms with Gasteiger partial charge in [-0.05, 0) is 44.5 Å². The second-order valence-electron chi connectivity index (χ2n) is 6.76. The highest BCUT2D eigenvalue weighted by Crippen LogP contribution is 2.25. The third-order valence-electron chi connectivity index (χ3n) is 5.09. The van der Waals surface area contributed by atoms with Gasteiger partial charge in [-0.3, -0.25) is 9.69 Å². The van der Waals surface area contributed by atoms with Crippen LogP contribution in [0.1, 0.15) is 44.8 Å². The quantitative estimate of drug-likeness (QED) is 0.754. The van der Waals surface area contributed by atoms with E-state index in [0.717, 1.165) is 51.2 Å². The highest BCUT2D eigenvalue weighted by molar-refractivity contribution is 5.80. The van der Waals surface area contributed by atoms with E-state index in [1.165, 1.54) is 12.8 Å². The summed E-state index contributed by atoms with van der Waals surface area (Å²) in [5, 5.41) is 0. The summed E-state index contributed by atoms with van der Waals surface area (Å²) in [5.41, 5.74) is 0. The van der Waals surface area contributed by atoms with E-state index in [4.69, 9.17) is 4.42 Å². The zero-order chi connectivity index (χ0) is 16.1. The molecule has 0 spiro atoms. The molecule has 0 unspecified atom stereocenters. The van der Waals surface area contributed by atoms with Crippen LogP contribution in [0.15, 0.2) is 35.0 Å². The first-order chi connectivity index (χ1) is 11.3. The lowest BCUT2D eigenvalue weighted by molar-refractivity contribution is -0.137. The van der Waals surface area contributed by atoms with Gasteiger partial charge in [0.2, 0.25) is 5.91 Å². The van der Waals surface area contributed by atoms with Gasteiger partial charge in [-0.1, -0.05) is 31.9 Å². The number of likely N-dealkylation sites (tertiary alicyclic amines) is 1. The molecular weight excluding hydrogens is 288 g/mol. The van der Waals surface area contributed by atoms with Crippen molar-refractivity contribution in [1.29, 1.82) is 0 Å². The van der Waals surface area contributed by atoms with E-state index < -0.39 is 0 Å². The number of rotatable bonds is 6. The van der Waals surface area contributed by atoms with Gasteiger partial charge in [0, 0.05) is 12.5 Å². The molecule has 2 aliphatic rings. The van der Waals surface area contributed by atoms with E-state index in [0.29, 0.717) is 11.9 Å². The summed E-state index contributed by atoms with van der Waals surface area (Å²) in [6, 6.07) is 4.29. The number of carbonyl (C=O) groups excluding carboxylic acids is 1. The van der Waals surface area contributed by atoms with Crippen LogP contribution in [0.4, 0.5) is 0 Å². The molecule has 126 valence electrons. The summed E-state index contributed by atoms with van der Waals surface area (Å²) in [4.78, 5) is 17.3. The Labute approximate surface area is 139 Å². The highest BCUT2D eigenvalue weighted by Gasteiger charge is 2.32. The SMILES string of the molecule is CCCC[C@H]1C=CCN1C(=O)C1CCN(Cc2ccco2)CC1. The third-order valence-corrected chi connectivity index (χ3v) is 5.09. The molecule has 23 heavy (non-hydrogen) atoms. The Bertz CT molecular complexity index is 515. The van der Waals surface area contributed by atoms with E-state index in [2.05, 4.69) is 28.9 Å². The van der Waals surface area contributed by atoms with Gasteiger partial charge in [0.1, 0.15) is 5.76 Å². The predicted molar refractivity (Wildman–Crippen MR) is 90.9 cm³/mol. The van der Waals surface area contributed by atoms with E-state index in [1.807, 2.05) is 12.1 Å². The van der Waals surface area contributed by atoms with Crippen molar-refractivity contribution in [3.05, 3.63) is 36.3 Å². The van der Waals surface area contributed by atoms with Crippen molar-refractivity contribution in [3.63, 3.8) is 0 Å². The first-order valence-corrected chi connectivity index (χ1v) is 9.00. The summed E-state index contributed by atoms with van der Waals surface area (Å²) in [6.45, 7) is 5.84. The van der Waals surface area contributed by atoms with Gasteiger partial charge in [0.05, 0.1) is 18.8 Å². The fourth-order valence-corrected chi connectivity index (χ4v) is 3.68. The molecule has 1 amide bonds. The van der Waals surface area contributed by atoms with Gasteiger partial charge in [-0.2, -0.15) is 0 Å². The maximum Gasteiger partial charge on any atom is 0.226 e. The average molecular weight is 316 g/mol. The molecule has 0 bridgehead atoms. The first-order valence-electron chi connectivity index (χ1n) is 9.00. The van der Waals surface area contributed by atoms with Crippen molar-refractivity contribution in [1.82, 2.24) is 9.80 Å². The average Bonchev–Trinajstić information content (AvgIpc) is 3.24. The number of unbranched alkanes of at least 4 members (excludes halogenated alkanes) is 1. The zero-order valence-electron chi connectivity index (χ0n) is 14.1. The minimum atomic E-state index is 0.201. The van der Waals surface area contributed by atoms with Crippen molar-refractivity contribution in [2.24, 2.45) is 5.92 Å². The number of hydrogen-bond donors (Lipinski definition) is 0. The topological polar surface area (TPSA) is 36.7 Å². The van der Waals surface area contributed by atoms with Gasteiger partial charge in [-0.15, -0.1) is 0 Å². The van der Waals surface area contributed by atoms with Gasteiger partial charge in [0.25, 0.3) is 0 Å². The van der Waals surface area contributed by atoms with Crippen LogP contribution in [0.3, 0.4) is 0 Å². The Kier molecular flexibility index (Phi) is 5.55. The van der Waals surface area contributed by atoms with E-state index in [9.17, 15) is 4.79 Å². The largest absolute Gasteiger partial charge is 0.468 e. The van der Waals surface area contributed by atoms with Crippen LogP contribution in [0, 0.1) is 5.92 Å².